The van der Waals surface area contributed by atoms with Gasteiger partial charge in [-0.3, -0.25) is 19.1 Å². The summed E-state index contributed by atoms with van der Waals surface area (Å²) in [6.07, 6.45) is 8.72. The number of hydrogen-bond donors (Lipinski definition) is 3. The molecule has 0 aliphatic carbocycles. The van der Waals surface area contributed by atoms with Crippen LogP contribution in [0.5, 0.6) is 11.5 Å². The third kappa shape index (κ3) is 20.3. The first kappa shape index (κ1) is 61.6. The predicted octanol–water partition coefficient (Wildman–Crippen LogP) is 11.2. The molecule has 0 amide bonds. The third-order valence-corrected chi connectivity index (χ3v) is 10.6. The molecule has 0 spiro atoms. The van der Waals surface area contributed by atoms with Crippen molar-refractivity contribution in [2.24, 2.45) is 0 Å². The zero-order valence-corrected chi connectivity index (χ0v) is 48.2. The van der Waals surface area contributed by atoms with Crippen molar-refractivity contribution in [2.45, 2.75) is 108 Å². The van der Waals surface area contributed by atoms with Gasteiger partial charge in [-0.15, -0.1) is 0 Å². The van der Waals surface area contributed by atoms with Crippen molar-refractivity contribution in [2.75, 3.05) is 6.54 Å². The second-order valence-corrected chi connectivity index (χ2v) is 24.0. The number of H-pyrrole nitrogens is 2. The Bertz CT molecular complexity index is 3430. The molecule has 0 aliphatic heterocycles. The molecule has 9 heterocycles. The quantitative estimate of drug-likeness (QED) is 0.0847. The lowest BCUT2D eigenvalue weighted by Crippen LogP contribution is -2.36. The first-order chi connectivity index (χ1) is 35.4. The van der Waals surface area contributed by atoms with Crippen molar-refractivity contribution < 1.29 is 32.4 Å². The molecule has 75 heavy (non-hydrogen) atoms. The highest BCUT2D eigenvalue weighted by atomic mass is 79.9. The highest BCUT2D eigenvalue weighted by Gasteiger charge is 2.12. The number of aliphatic hydroxyl groups excluding tert-OH is 1. The van der Waals surface area contributed by atoms with Gasteiger partial charge in [0.2, 0.25) is 0 Å². The molecule has 0 saturated heterocycles. The SMILES string of the molecule is CCN(C(C)C)C(C)C.Cc1nc(CO)c(C)o1.Cc1nc(COc2cnc3c(=O)[nH]cnc3c2)c(C)o1.Cc1nc(COc2cnc3c(Cl)ncnc3c2)c(C)o1.O=P(Cl)(Cl)Cl.O=c1[nH]cnc2cc(Br)cnc12. The number of aryl methyl sites for hydroxylation is 6. The number of nitrogens with zero attached hydrogens (tertiary/aromatic N) is 11. The van der Waals surface area contributed by atoms with Gasteiger partial charge in [0.25, 0.3) is 11.1 Å². The van der Waals surface area contributed by atoms with E-state index in [1.165, 1.54) is 25.2 Å². The molecular formula is C47H55BrCl4N13O9P. The number of rotatable bonds is 10. The van der Waals surface area contributed by atoms with Gasteiger partial charge in [-0.2, -0.15) is 0 Å². The Kier molecular flexibility index (Phi) is 24.2. The maximum atomic E-state index is 11.5. The van der Waals surface area contributed by atoms with Gasteiger partial charge in [0.15, 0.2) is 33.9 Å². The predicted molar refractivity (Wildman–Crippen MR) is 291 cm³/mol. The van der Waals surface area contributed by atoms with Gasteiger partial charge in [0, 0.05) is 55.7 Å². The molecule has 0 radical (unpaired) electrons. The van der Waals surface area contributed by atoms with Crippen LogP contribution in [0.2, 0.25) is 5.15 Å². The average Bonchev–Trinajstić information content (AvgIpc) is 3.98. The minimum absolute atomic E-state index is 0.0385. The fraction of sp³-hybridized carbons (Fsp3) is 0.362. The van der Waals surface area contributed by atoms with Gasteiger partial charge in [0.1, 0.15) is 70.9 Å². The fourth-order valence-electron chi connectivity index (χ4n) is 6.68. The molecule has 402 valence electrons. The number of fused-ring (bicyclic) bond motifs is 3. The van der Waals surface area contributed by atoms with Crippen molar-refractivity contribution >= 4 is 99.6 Å². The first-order valence-corrected chi connectivity index (χ1v) is 28.1. The van der Waals surface area contributed by atoms with Crippen molar-refractivity contribution in [3.05, 3.63) is 138 Å². The number of aromatic nitrogens is 12. The minimum Gasteiger partial charge on any atom is -0.485 e. The largest absolute Gasteiger partial charge is 0.485 e. The van der Waals surface area contributed by atoms with E-state index >= 15 is 0 Å². The number of hydrogen-bond acceptors (Lipinski definition) is 20. The van der Waals surface area contributed by atoms with Gasteiger partial charge in [-0.1, -0.05) is 18.5 Å². The first-order valence-electron chi connectivity index (χ1n) is 22.6. The number of aromatic amines is 2. The van der Waals surface area contributed by atoms with Crippen LogP contribution >= 0.6 is 66.5 Å². The van der Waals surface area contributed by atoms with E-state index in [4.69, 9.17) is 39.4 Å². The zero-order chi connectivity index (χ0) is 55.6. The number of pyridine rings is 3. The number of halogens is 5. The molecule has 9 aromatic heterocycles. The summed E-state index contributed by atoms with van der Waals surface area (Å²) >= 11 is 23.0. The molecule has 9 aromatic rings. The van der Waals surface area contributed by atoms with Gasteiger partial charge in [-0.05, 0) is 111 Å². The summed E-state index contributed by atoms with van der Waals surface area (Å²) in [5, 5.41) is 5.71. The summed E-state index contributed by atoms with van der Waals surface area (Å²) in [4.78, 5) is 70.5. The van der Waals surface area contributed by atoms with E-state index in [2.05, 4.69) is 149 Å². The van der Waals surface area contributed by atoms with Crippen LogP contribution in [-0.4, -0.2) is 88.4 Å². The Morgan fingerprint density at radius 1 is 0.640 bits per heavy atom. The number of aliphatic hydroxyl groups is 1. The third-order valence-electron chi connectivity index (χ3n) is 9.90. The standard InChI is InChI=1S/C13H11ClN4O2.C13H12N4O3.C8H19N.C7H4BrN3O.C6H9NO2.Cl3OP/c1-7-11(18-8(2)20-7)5-19-9-3-10-12(15-4-9)13(14)17-6-16-10;1-7-11(17-8(2)20-7)5-19-9-3-10-12(14-4-9)13(18)16-6-15-10;1-6-9(7(2)3)8(4)5;8-4-1-5-6(9-2-4)7(12)11-3-10-5;1-4-6(3-8)7-5(2)9-4;1-5(2,3)4/h3-4,6H,5H2,1-2H3;3-4,6H,5H2,1-2H3,(H,15,16,18);7-8H,6H2,1-5H3;1-3H,(H,10,11,12);8H,3H2,1-2H3;. The van der Waals surface area contributed by atoms with Gasteiger partial charge in [-0.25, -0.2) is 49.8 Å². The number of nitrogens with one attached hydrogen (secondary N) is 2. The van der Waals surface area contributed by atoms with Crippen LogP contribution in [-0.2, 0) is 24.4 Å². The van der Waals surface area contributed by atoms with Crippen molar-refractivity contribution in [1.29, 1.82) is 0 Å². The number of ether oxygens (including phenoxy) is 2. The number of oxazole rings is 3. The van der Waals surface area contributed by atoms with E-state index in [9.17, 15) is 14.2 Å². The van der Waals surface area contributed by atoms with Crippen LogP contribution in [0.25, 0.3) is 33.1 Å². The Hall–Kier alpha value is -5.91. The van der Waals surface area contributed by atoms with E-state index in [1.807, 2.05) is 13.8 Å². The highest BCUT2D eigenvalue weighted by Crippen LogP contribution is 2.61. The Morgan fingerprint density at radius 3 is 1.41 bits per heavy atom. The van der Waals surface area contributed by atoms with Gasteiger partial charge < -0.3 is 37.8 Å². The average molecular weight is 1200 g/mol. The van der Waals surface area contributed by atoms with Crippen molar-refractivity contribution in [3.63, 3.8) is 0 Å². The zero-order valence-electron chi connectivity index (χ0n) is 42.6. The lowest BCUT2D eigenvalue weighted by molar-refractivity contribution is 0.185. The molecule has 0 bridgehead atoms. The molecule has 0 saturated carbocycles. The lowest BCUT2D eigenvalue weighted by Gasteiger charge is -2.28. The second kappa shape index (κ2) is 29.4. The fourth-order valence-corrected chi connectivity index (χ4v) is 7.19. The van der Waals surface area contributed by atoms with Crippen LogP contribution in [0.3, 0.4) is 0 Å². The molecule has 0 atom stereocenters. The normalized spacial score (nSPS) is 10.9. The summed E-state index contributed by atoms with van der Waals surface area (Å²) in [5.41, 5.74) is 4.56. The summed E-state index contributed by atoms with van der Waals surface area (Å²) in [6, 6.07) is 6.56. The Labute approximate surface area is 458 Å². The molecule has 0 fully saturated rings. The van der Waals surface area contributed by atoms with Crippen LogP contribution in [0.4, 0.5) is 0 Å². The van der Waals surface area contributed by atoms with E-state index in [1.54, 1.807) is 58.3 Å². The summed E-state index contributed by atoms with van der Waals surface area (Å²) < 4.78 is 37.3. The van der Waals surface area contributed by atoms with Gasteiger partial charge >= 0.3 is 5.20 Å². The van der Waals surface area contributed by atoms with Crippen LogP contribution in [0.1, 0.15) is 86.7 Å². The van der Waals surface area contributed by atoms with E-state index in [0.717, 1.165) is 33.9 Å². The molecule has 0 aliphatic rings. The van der Waals surface area contributed by atoms with Crippen LogP contribution in [0.15, 0.2) is 83.1 Å². The van der Waals surface area contributed by atoms with E-state index in [0.29, 0.717) is 92.1 Å². The smallest absolute Gasteiger partial charge is 0.339 e. The van der Waals surface area contributed by atoms with Gasteiger partial charge in [0.05, 0.1) is 48.2 Å². The van der Waals surface area contributed by atoms with E-state index in [-0.39, 0.29) is 29.8 Å². The highest BCUT2D eigenvalue weighted by molar-refractivity contribution is 9.10. The summed E-state index contributed by atoms with van der Waals surface area (Å²) in [6.45, 7) is 23.7. The van der Waals surface area contributed by atoms with Crippen LogP contribution < -0.4 is 20.6 Å². The van der Waals surface area contributed by atoms with Crippen LogP contribution in [0, 0.1) is 41.5 Å². The Balaban J connectivity index is 0.000000206. The van der Waals surface area contributed by atoms with Crippen molar-refractivity contribution in [1.82, 2.24) is 64.7 Å². The molecule has 0 aromatic carbocycles. The monoisotopic (exact) mass is 1200 g/mol. The van der Waals surface area contributed by atoms with E-state index < -0.39 is 5.20 Å². The molecule has 3 N–H and O–H groups in total. The Morgan fingerprint density at radius 2 is 1.04 bits per heavy atom. The molecule has 28 heteroatoms. The minimum atomic E-state index is -3.22. The van der Waals surface area contributed by atoms with Crippen molar-refractivity contribution in [3.8, 4) is 11.5 Å². The lowest BCUT2D eigenvalue weighted by atomic mass is 10.2. The molecule has 0 unspecified atom stereocenters. The molecule has 9 rings (SSSR count). The second-order valence-electron chi connectivity index (χ2n) is 16.1. The maximum absolute atomic E-state index is 11.5. The molecule has 22 nitrogen and oxygen atoms in total. The molecular weight excluding hydrogens is 1140 g/mol. The maximum Gasteiger partial charge on any atom is 0.339 e. The topological polar surface area (TPSA) is 293 Å². The summed E-state index contributed by atoms with van der Waals surface area (Å²) in [7, 11) is 0. The summed E-state index contributed by atoms with van der Waals surface area (Å²) in [5.74, 6) is 5.13.